The summed E-state index contributed by atoms with van der Waals surface area (Å²) in [6, 6.07) is 22.8. The molecule has 2 aliphatic rings. The van der Waals surface area contributed by atoms with Gasteiger partial charge in [0.05, 0.1) is 19.2 Å². The van der Waals surface area contributed by atoms with Crippen LogP contribution in [0.25, 0.3) is 6.08 Å². The number of benzene rings is 3. The molecule has 0 amide bonds. The van der Waals surface area contributed by atoms with Crippen LogP contribution >= 0.6 is 11.6 Å². The molecule has 6 nitrogen and oxygen atoms in total. The maximum Gasteiger partial charge on any atom is 0.329 e. The molecule has 186 valence electrons. The van der Waals surface area contributed by atoms with Crippen molar-refractivity contribution in [2.45, 2.75) is 18.0 Å². The van der Waals surface area contributed by atoms with Gasteiger partial charge in [0.15, 0.2) is 11.2 Å². The number of hydrogen-bond donors (Lipinski definition) is 0. The molecule has 0 saturated carbocycles. The molecule has 1 saturated heterocycles. The van der Waals surface area contributed by atoms with E-state index in [1.54, 1.807) is 24.3 Å². The molecule has 0 aromatic heterocycles. The van der Waals surface area contributed by atoms with E-state index in [4.69, 9.17) is 16.3 Å². The summed E-state index contributed by atoms with van der Waals surface area (Å²) in [4.78, 5) is 31.8. The number of nitriles is 1. The smallest absolute Gasteiger partial charge is 0.329 e. The maximum absolute atomic E-state index is 14.3. The second kappa shape index (κ2) is 9.42. The van der Waals surface area contributed by atoms with Crippen molar-refractivity contribution in [2.75, 3.05) is 31.0 Å². The van der Waals surface area contributed by atoms with Crippen molar-refractivity contribution >= 4 is 40.8 Å². The molecule has 2 heterocycles. The fourth-order valence-electron chi connectivity index (χ4n) is 5.67. The zero-order valence-electron chi connectivity index (χ0n) is 20.8. The van der Waals surface area contributed by atoms with Gasteiger partial charge in [-0.2, -0.15) is 5.26 Å². The molecular weight excluding hydrogens is 486 g/mol. The van der Waals surface area contributed by atoms with Crippen molar-refractivity contribution < 1.29 is 14.3 Å². The molecule has 7 heteroatoms. The molecule has 3 aromatic rings. The molecule has 37 heavy (non-hydrogen) atoms. The van der Waals surface area contributed by atoms with Crippen LogP contribution in [0.2, 0.25) is 5.02 Å². The third kappa shape index (κ3) is 3.78. The Balaban J connectivity index is 1.79. The van der Waals surface area contributed by atoms with E-state index < -0.39 is 29.4 Å². The van der Waals surface area contributed by atoms with E-state index in [0.29, 0.717) is 16.1 Å². The molecule has 0 radical (unpaired) electrons. The van der Waals surface area contributed by atoms with Crippen molar-refractivity contribution in [3.8, 4) is 6.07 Å². The summed E-state index contributed by atoms with van der Waals surface area (Å²) in [5, 5.41) is 11.3. The number of rotatable bonds is 5. The van der Waals surface area contributed by atoms with Crippen LogP contribution in [0.4, 0.5) is 11.4 Å². The van der Waals surface area contributed by atoms with E-state index in [-0.39, 0.29) is 5.78 Å². The van der Waals surface area contributed by atoms with Gasteiger partial charge in [0, 0.05) is 42.0 Å². The van der Waals surface area contributed by atoms with Gasteiger partial charge >= 0.3 is 5.97 Å². The Morgan fingerprint density at radius 2 is 1.70 bits per heavy atom. The minimum absolute atomic E-state index is 0.200. The number of carbonyl (C=O) groups excluding carboxylic acids is 2. The van der Waals surface area contributed by atoms with Crippen LogP contribution < -0.4 is 9.80 Å². The molecule has 1 fully saturated rings. The summed E-state index contributed by atoms with van der Waals surface area (Å²) in [5.41, 5.74) is 2.17. The van der Waals surface area contributed by atoms with E-state index in [1.807, 2.05) is 84.6 Å². The lowest BCUT2D eigenvalue weighted by Crippen LogP contribution is -2.46. The highest BCUT2D eigenvalue weighted by Gasteiger charge is 2.67. The topological polar surface area (TPSA) is 73.6 Å². The first-order chi connectivity index (χ1) is 17.8. The van der Waals surface area contributed by atoms with Gasteiger partial charge in [0.25, 0.3) is 0 Å². The van der Waals surface area contributed by atoms with Crippen LogP contribution in [0.15, 0.2) is 78.9 Å². The number of ketones is 1. The Kier molecular flexibility index (Phi) is 6.26. The molecule has 0 unspecified atom stereocenters. The predicted octanol–water partition coefficient (Wildman–Crippen LogP) is 5.34. The van der Waals surface area contributed by atoms with Gasteiger partial charge < -0.3 is 14.5 Å². The molecule has 5 rings (SSSR count). The van der Waals surface area contributed by atoms with Crippen LogP contribution in [0.3, 0.4) is 0 Å². The third-order valence-corrected chi connectivity index (χ3v) is 7.67. The number of nitrogens with zero attached hydrogens (tertiary/aromatic N) is 3. The SMILES string of the molecule is COC(=O)[C@@]1(C#N)[C@@H](c2ccc(N(C)C)cc2)[C@H](C(=O)c2ccc(Cl)cc2)N2c3ccccc3C=C[C@@H]21. The number of Topliss-reactive ketones (excluding diaryl/α,β-unsaturated/α-hetero) is 1. The standard InChI is InChI=1S/C30H26ClN3O3/c1-33(2)23-15-10-20(11-16-23)26-27(28(35)21-8-13-22(31)14-9-21)34-24-7-5-4-6-19(24)12-17-25(34)30(26,18-32)29(36)37-3/h4-17,25-27H,1-3H3/t25-,26+,27-,30-/m1/s1. The summed E-state index contributed by atoms with van der Waals surface area (Å²) in [5.74, 6) is -1.67. The fourth-order valence-corrected chi connectivity index (χ4v) is 5.80. The Morgan fingerprint density at radius 1 is 1.03 bits per heavy atom. The third-order valence-electron chi connectivity index (χ3n) is 7.42. The highest BCUT2D eigenvalue weighted by molar-refractivity contribution is 6.30. The number of esters is 1. The first kappa shape index (κ1) is 24.6. The molecular formula is C30H26ClN3O3. The zero-order chi connectivity index (χ0) is 26.3. The summed E-state index contributed by atoms with van der Waals surface area (Å²) >= 11 is 6.11. The normalized spacial score (nSPS) is 23.5. The van der Waals surface area contributed by atoms with Gasteiger partial charge in [-0.1, -0.05) is 54.1 Å². The summed E-state index contributed by atoms with van der Waals surface area (Å²) in [6.07, 6.45) is 3.76. The first-order valence-corrected chi connectivity index (χ1v) is 12.3. The van der Waals surface area contributed by atoms with Crippen LogP contribution in [-0.4, -0.2) is 45.0 Å². The molecule has 0 N–H and O–H groups in total. The lowest BCUT2D eigenvalue weighted by Gasteiger charge is -2.36. The minimum Gasteiger partial charge on any atom is -0.468 e. The molecule has 4 atom stereocenters. The highest BCUT2D eigenvalue weighted by Crippen LogP contribution is 2.56. The largest absolute Gasteiger partial charge is 0.468 e. The van der Waals surface area contributed by atoms with Crippen molar-refractivity contribution in [3.05, 3.63) is 101 Å². The monoisotopic (exact) mass is 511 g/mol. The number of carbonyl (C=O) groups is 2. The molecule has 2 aliphatic heterocycles. The number of hydrogen-bond acceptors (Lipinski definition) is 6. The fraction of sp³-hybridized carbons (Fsp3) is 0.233. The number of ether oxygens (including phenoxy) is 1. The number of fused-ring (bicyclic) bond motifs is 3. The maximum atomic E-state index is 14.3. The Morgan fingerprint density at radius 3 is 2.32 bits per heavy atom. The van der Waals surface area contributed by atoms with E-state index >= 15 is 0 Å². The average molecular weight is 512 g/mol. The van der Waals surface area contributed by atoms with E-state index in [2.05, 4.69) is 6.07 Å². The van der Waals surface area contributed by atoms with E-state index in [1.165, 1.54) is 7.11 Å². The zero-order valence-corrected chi connectivity index (χ0v) is 21.5. The van der Waals surface area contributed by atoms with Gasteiger partial charge in [-0.25, -0.2) is 0 Å². The highest BCUT2D eigenvalue weighted by atomic mass is 35.5. The average Bonchev–Trinajstić information content (AvgIpc) is 3.24. The van der Waals surface area contributed by atoms with Gasteiger partial charge in [-0.05, 0) is 53.6 Å². The molecule has 0 spiro atoms. The Bertz CT molecular complexity index is 1430. The second-order valence-corrected chi connectivity index (χ2v) is 9.96. The van der Waals surface area contributed by atoms with Crippen molar-refractivity contribution in [1.29, 1.82) is 5.26 Å². The first-order valence-electron chi connectivity index (χ1n) is 12.0. The van der Waals surface area contributed by atoms with Gasteiger partial charge in [0.1, 0.15) is 6.04 Å². The summed E-state index contributed by atoms with van der Waals surface area (Å²) in [6.45, 7) is 0. The minimum atomic E-state index is -1.66. The van der Waals surface area contributed by atoms with Gasteiger partial charge in [0.2, 0.25) is 0 Å². The number of halogens is 1. The lowest BCUT2D eigenvalue weighted by molar-refractivity contribution is -0.150. The number of methoxy groups -OCH3 is 1. The van der Waals surface area contributed by atoms with Crippen molar-refractivity contribution in [1.82, 2.24) is 0 Å². The van der Waals surface area contributed by atoms with Crippen LogP contribution in [0.5, 0.6) is 0 Å². The van der Waals surface area contributed by atoms with Gasteiger partial charge in [-0.15, -0.1) is 0 Å². The van der Waals surface area contributed by atoms with Crippen LogP contribution in [0.1, 0.15) is 27.4 Å². The Labute approximate surface area is 221 Å². The number of para-hydroxylation sites is 1. The van der Waals surface area contributed by atoms with E-state index in [9.17, 15) is 14.9 Å². The van der Waals surface area contributed by atoms with Crippen LogP contribution in [-0.2, 0) is 9.53 Å². The lowest BCUT2D eigenvalue weighted by atomic mass is 9.68. The summed E-state index contributed by atoms with van der Waals surface area (Å²) in [7, 11) is 5.16. The molecule has 3 aromatic carbocycles. The molecule has 0 bridgehead atoms. The molecule has 0 aliphatic carbocycles. The Hall–Kier alpha value is -4.08. The summed E-state index contributed by atoms with van der Waals surface area (Å²) < 4.78 is 5.27. The second-order valence-electron chi connectivity index (χ2n) is 9.52. The number of anilines is 2. The predicted molar refractivity (Wildman–Crippen MR) is 145 cm³/mol. The van der Waals surface area contributed by atoms with Crippen molar-refractivity contribution in [3.63, 3.8) is 0 Å². The van der Waals surface area contributed by atoms with Crippen molar-refractivity contribution in [2.24, 2.45) is 5.41 Å². The van der Waals surface area contributed by atoms with Crippen LogP contribution in [0, 0.1) is 16.7 Å². The van der Waals surface area contributed by atoms with E-state index in [0.717, 1.165) is 16.9 Å². The quantitative estimate of drug-likeness (QED) is 0.340. The van der Waals surface area contributed by atoms with Gasteiger partial charge in [-0.3, -0.25) is 9.59 Å².